The van der Waals surface area contributed by atoms with Crippen LogP contribution in [0.15, 0.2) is 85.2 Å². The summed E-state index contributed by atoms with van der Waals surface area (Å²) in [5, 5.41) is 4.20. The number of imidazole rings is 1. The van der Waals surface area contributed by atoms with Gasteiger partial charge in [0.1, 0.15) is 0 Å². The molecule has 158 valence electrons. The predicted octanol–water partition coefficient (Wildman–Crippen LogP) is 6.52. The lowest BCUT2D eigenvalue weighted by Gasteiger charge is -2.13. The van der Waals surface area contributed by atoms with E-state index < -0.39 is 0 Å². The van der Waals surface area contributed by atoms with Gasteiger partial charge in [0, 0.05) is 35.6 Å². The van der Waals surface area contributed by atoms with E-state index in [1.54, 1.807) is 6.20 Å². The minimum Gasteiger partial charge on any atom is -0.348 e. The van der Waals surface area contributed by atoms with Gasteiger partial charge in [0.2, 0.25) is 5.95 Å². The third kappa shape index (κ3) is 3.95. The summed E-state index contributed by atoms with van der Waals surface area (Å²) >= 11 is 5.99. The van der Waals surface area contributed by atoms with Gasteiger partial charge < -0.3 is 9.88 Å². The number of fused-ring (bicyclic) bond motifs is 1. The third-order valence-corrected chi connectivity index (χ3v) is 5.85. The first-order valence-electron chi connectivity index (χ1n) is 10.4. The molecule has 5 aromatic rings. The van der Waals surface area contributed by atoms with Gasteiger partial charge in [0.15, 0.2) is 0 Å². The van der Waals surface area contributed by atoms with Gasteiger partial charge in [-0.05, 0) is 55.0 Å². The van der Waals surface area contributed by atoms with Crippen molar-refractivity contribution in [1.82, 2.24) is 19.5 Å². The summed E-state index contributed by atoms with van der Waals surface area (Å²) in [5.41, 5.74) is 7.04. The Kier molecular flexibility index (Phi) is 5.33. The summed E-state index contributed by atoms with van der Waals surface area (Å²) in [6.07, 6.45) is 3.70. The highest BCUT2D eigenvalue weighted by molar-refractivity contribution is 6.30. The van der Waals surface area contributed by atoms with E-state index in [1.165, 1.54) is 0 Å². The van der Waals surface area contributed by atoms with Crippen LogP contribution in [0.5, 0.6) is 0 Å². The number of nitrogens with zero attached hydrogens (tertiary/aromatic N) is 4. The molecule has 0 bridgehead atoms. The second-order valence-corrected chi connectivity index (χ2v) is 8.19. The van der Waals surface area contributed by atoms with Crippen LogP contribution in [-0.4, -0.2) is 19.5 Å². The van der Waals surface area contributed by atoms with E-state index in [2.05, 4.69) is 51.0 Å². The lowest BCUT2D eigenvalue weighted by Crippen LogP contribution is -2.11. The smallest absolute Gasteiger partial charge is 0.204 e. The van der Waals surface area contributed by atoms with Crippen LogP contribution in [0.2, 0.25) is 5.02 Å². The first kappa shape index (κ1) is 20.2. The molecule has 0 fully saturated rings. The number of aromatic nitrogens is 4. The molecule has 5 rings (SSSR count). The van der Waals surface area contributed by atoms with Crippen molar-refractivity contribution in [3.63, 3.8) is 0 Å². The van der Waals surface area contributed by atoms with E-state index in [-0.39, 0.29) is 6.04 Å². The Bertz CT molecular complexity index is 1360. The van der Waals surface area contributed by atoms with Gasteiger partial charge in [-0.1, -0.05) is 41.9 Å². The van der Waals surface area contributed by atoms with Crippen LogP contribution >= 0.6 is 11.6 Å². The Labute approximate surface area is 191 Å². The number of hydrogen-bond acceptors (Lipinski definition) is 4. The molecule has 3 heterocycles. The fraction of sp³-hybridized carbons (Fsp3) is 0.115. The number of halogens is 1. The number of anilines is 1. The van der Waals surface area contributed by atoms with Crippen LogP contribution in [0, 0.1) is 0 Å². The molecule has 1 atom stereocenters. The van der Waals surface area contributed by atoms with E-state index in [1.807, 2.05) is 61.8 Å². The van der Waals surface area contributed by atoms with Crippen LogP contribution in [0.3, 0.4) is 0 Å². The van der Waals surface area contributed by atoms with Gasteiger partial charge in [0.05, 0.1) is 28.5 Å². The number of aryl methyl sites for hydroxylation is 1. The predicted molar refractivity (Wildman–Crippen MR) is 131 cm³/mol. The van der Waals surface area contributed by atoms with Crippen LogP contribution in [0.1, 0.15) is 18.7 Å². The van der Waals surface area contributed by atoms with Crippen LogP contribution in [0.4, 0.5) is 5.95 Å². The van der Waals surface area contributed by atoms with Crippen LogP contribution < -0.4 is 5.32 Å². The molecule has 0 radical (unpaired) electrons. The van der Waals surface area contributed by atoms with Gasteiger partial charge >= 0.3 is 0 Å². The summed E-state index contributed by atoms with van der Waals surface area (Å²) in [4.78, 5) is 13.9. The van der Waals surface area contributed by atoms with E-state index in [9.17, 15) is 0 Å². The zero-order valence-corrected chi connectivity index (χ0v) is 18.6. The lowest BCUT2D eigenvalue weighted by molar-refractivity contribution is 0.803. The normalized spacial score (nSPS) is 12.1. The summed E-state index contributed by atoms with van der Waals surface area (Å²) in [6.45, 7) is 2.08. The van der Waals surface area contributed by atoms with Gasteiger partial charge in [0.25, 0.3) is 0 Å². The molecule has 2 aromatic carbocycles. The van der Waals surface area contributed by atoms with Crippen LogP contribution in [-0.2, 0) is 7.05 Å². The van der Waals surface area contributed by atoms with Gasteiger partial charge in [-0.15, -0.1) is 0 Å². The maximum atomic E-state index is 5.99. The first-order chi connectivity index (χ1) is 15.6. The van der Waals surface area contributed by atoms with Crippen molar-refractivity contribution in [1.29, 1.82) is 0 Å². The summed E-state index contributed by atoms with van der Waals surface area (Å²) < 4.78 is 2.07. The molecular weight excluding hydrogens is 418 g/mol. The van der Waals surface area contributed by atoms with Crippen molar-refractivity contribution < 1.29 is 0 Å². The van der Waals surface area contributed by atoms with Crippen molar-refractivity contribution in [2.75, 3.05) is 5.32 Å². The first-order valence-corrected chi connectivity index (χ1v) is 10.8. The Balaban J connectivity index is 1.41. The van der Waals surface area contributed by atoms with Crippen molar-refractivity contribution >= 4 is 28.6 Å². The highest BCUT2D eigenvalue weighted by Crippen LogP contribution is 2.28. The van der Waals surface area contributed by atoms with Crippen molar-refractivity contribution in [3.05, 3.63) is 95.9 Å². The number of rotatable bonds is 5. The minimum absolute atomic E-state index is 0.0493. The Hall–Kier alpha value is -3.70. The second-order valence-electron chi connectivity index (χ2n) is 7.76. The quantitative estimate of drug-likeness (QED) is 0.338. The molecule has 0 spiro atoms. The van der Waals surface area contributed by atoms with Crippen LogP contribution in [0.25, 0.3) is 33.4 Å². The molecule has 1 N–H and O–H groups in total. The van der Waals surface area contributed by atoms with Crippen molar-refractivity contribution in [2.45, 2.75) is 13.0 Å². The van der Waals surface area contributed by atoms with E-state index in [0.29, 0.717) is 0 Å². The highest BCUT2D eigenvalue weighted by atomic mass is 35.5. The lowest BCUT2D eigenvalue weighted by atomic mass is 10.1. The minimum atomic E-state index is 0.0493. The molecule has 0 amide bonds. The average Bonchev–Trinajstić information content (AvgIpc) is 3.14. The summed E-state index contributed by atoms with van der Waals surface area (Å²) in [5.74, 6) is 0.807. The fourth-order valence-electron chi connectivity index (χ4n) is 3.77. The van der Waals surface area contributed by atoms with Gasteiger partial charge in [-0.25, -0.2) is 4.98 Å². The molecule has 6 heteroatoms. The number of hydrogen-bond donors (Lipinski definition) is 1. The molecule has 32 heavy (non-hydrogen) atoms. The third-order valence-electron chi connectivity index (χ3n) is 5.59. The van der Waals surface area contributed by atoms with Crippen molar-refractivity contribution in [3.8, 4) is 22.4 Å². The van der Waals surface area contributed by atoms with Gasteiger partial charge in [-0.2, -0.15) is 0 Å². The molecule has 1 unspecified atom stereocenters. The maximum Gasteiger partial charge on any atom is 0.204 e. The maximum absolute atomic E-state index is 5.99. The molecule has 0 saturated carbocycles. The Morgan fingerprint density at radius 1 is 0.875 bits per heavy atom. The van der Waals surface area contributed by atoms with Crippen molar-refractivity contribution in [2.24, 2.45) is 7.05 Å². The highest BCUT2D eigenvalue weighted by Gasteiger charge is 2.13. The Morgan fingerprint density at radius 3 is 2.38 bits per heavy atom. The Morgan fingerprint density at radius 2 is 1.66 bits per heavy atom. The molecule has 0 aliphatic carbocycles. The zero-order valence-electron chi connectivity index (χ0n) is 17.8. The van der Waals surface area contributed by atoms with Gasteiger partial charge in [-0.3, -0.25) is 9.97 Å². The number of nitrogens with one attached hydrogen (secondary N) is 1. The second kappa shape index (κ2) is 8.44. The number of pyridine rings is 2. The largest absolute Gasteiger partial charge is 0.348 e. The molecule has 3 aromatic heterocycles. The molecule has 0 aliphatic rings. The topological polar surface area (TPSA) is 55.6 Å². The molecule has 0 saturated heterocycles. The standard InChI is InChI=1S/C26H22ClN5/c1-17(22-5-3-4-14-28-22)30-26-31-24-15-19(9-13-25(24)32(26)2)23-12-8-20(16-29-23)18-6-10-21(27)11-7-18/h3-17H,1-2H3,(H,30,31). The SMILES string of the molecule is CC(Nc1nc2cc(-c3ccc(-c4ccc(Cl)cc4)cn3)ccc2n1C)c1ccccn1. The van der Waals surface area contributed by atoms with E-state index in [4.69, 9.17) is 16.6 Å². The molecule has 0 aliphatic heterocycles. The molecular formula is C26H22ClN5. The summed E-state index contributed by atoms with van der Waals surface area (Å²) in [7, 11) is 2.02. The molecule has 5 nitrogen and oxygen atoms in total. The fourth-order valence-corrected chi connectivity index (χ4v) is 3.89. The monoisotopic (exact) mass is 439 g/mol. The van der Waals surface area contributed by atoms with E-state index in [0.717, 1.165) is 50.1 Å². The summed E-state index contributed by atoms with van der Waals surface area (Å²) in [6, 6.07) is 24.1. The number of benzene rings is 2. The zero-order chi connectivity index (χ0) is 22.1. The average molecular weight is 440 g/mol. The van der Waals surface area contributed by atoms with E-state index >= 15 is 0 Å².